The van der Waals surface area contributed by atoms with Crippen molar-refractivity contribution in [2.75, 3.05) is 0 Å². The van der Waals surface area contributed by atoms with Crippen LogP contribution in [-0.2, 0) is 4.43 Å². The van der Waals surface area contributed by atoms with Gasteiger partial charge in [0.25, 0.3) is 9.04 Å². The van der Waals surface area contributed by atoms with Crippen LogP contribution in [0.25, 0.3) is 0 Å². The van der Waals surface area contributed by atoms with Crippen LogP contribution in [0.2, 0.25) is 26.2 Å². The van der Waals surface area contributed by atoms with Gasteiger partial charge in [0.05, 0.1) is 0 Å². The molecule has 0 heterocycles. The number of amides is 1. The van der Waals surface area contributed by atoms with Gasteiger partial charge in [-0.2, -0.15) is 0 Å². The SMILES string of the molecule is CC(C)N(C(=O)O[Si](C)C)[Si](C)C. The fourth-order valence-corrected chi connectivity index (χ4v) is 3.12. The molecule has 3 nitrogen and oxygen atoms in total. The highest BCUT2D eigenvalue weighted by Crippen LogP contribution is 2.05. The molecule has 0 saturated heterocycles. The Morgan fingerprint density at radius 2 is 1.69 bits per heavy atom. The van der Waals surface area contributed by atoms with E-state index >= 15 is 0 Å². The molecule has 0 bridgehead atoms. The molecule has 0 unspecified atom stereocenters. The normalized spacial score (nSPS) is 11.2. The molecule has 0 fully saturated rings. The molecular formula is C8H19NO2Si2. The first-order valence-corrected chi connectivity index (χ1v) is 9.33. The van der Waals surface area contributed by atoms with Crippen LogP contribution in [0, 0.1) is 0 Å². The monoisotopic (exact) mass is 217 g/mol. The highest BCUT2D eigenvalue weighted by molar-refractivity contribution is 6.57. The molecular weight excluding hydrogens is 198 g/mol. The summed E-state index contributed by atoms with van der Waals surface area (Å²) in [5, 5.41) is 0. The average molecular weight is 217 g/mol. The predicted octanol–water partition coefficient (Wildman–Crippen LogP) is 2.34. The number of carbonyl (C=O) groups is 1. The Balaban J connectivity index is 4.29. The summed E-state index contributed by atoms with van der Waals surface area (Å²) < 4.78 is 7.11. The summed E-state index contributed by atoms with van der Waals surface area (Å²) in [4.78, 5) is 11.6. The van der Waals surface area contributed by atoms with Crippen molar-refractivity contribution >= 4 is 24.1 Å². The number of hydrogen-bond acceptors (Lipinski definition) is 2. The quantitative estimate of drug-likeness (QED) is 0.679. The number of carbonyl (C=O) groups excluding carboxylic acids is 1. The molecule has 0 atom stereocenters. The molecule has 76 valence electrons. The lowest BCUT2D eigenvalue weighted by Crippen LogP contribution is -2.46. The number of rotatable bonds is 3. The van der Waals surface area contributed by atoms with Gasteiger partial charge in [-0.25, -0.2) is 4.79 Å². The molecule has 13 heavy (non-hydrogen) atoms. The standard InChI is InChI=1S/C8H19NO2Si2/c1-7(2)9(12(3)4)8(10)11-13(5)6/h7H,1-6H3. The number of nitrogens with zero attached hydrogens (tertiary/aromatic N) is 1. The van der Waals surface area contributed by atoms with E-state index in [2.05, 4.69) is 13.1 Å². The topological polar surface area (TPSA) is 29.5 Å². The Labute approximate surface area is 84.5 Å². The Bertz CT molecular complexity index is 164. The van der Waals surface area contributed by atoms with Gasteiger partial charge < -0.3 is 8.99 Å². The van der Waals surface area contributed by atoms with Gasteiger partial charge in [-0.1, -0.05) is 13.1 Å². The maximum Gasteiger partial charge on any atom is 0.388 e. The van der Waals surface area contributed by atoms with E-state index in [-0.39, 0.29) is 12.1 Å². The third kappa shape index (κ3) is 4.47. The van der Waals surface area contributed by atoms with Crippen LogP contribution in [0.5, 0.6) is 0 Å². The molecule has 0 rings (SSSR count). The van der Waals surface area contributed by atoms with Crippen LogP contribution < -0.4 is 0 Å². The van der Waals surface area contributed by atoms with E-state index in [0.717, 1.165) is 0 Å². The minimum absolute atomic E-state index is 0.132. The second-order valence-corrected chi connectivity index (χ2v) is 8.08. The van der Waals surface area contributed by atoms with Crippen molar-refractivity contribution in [1.82, 2.24) is 4.57 Å². The molecule has 1 amide bonds. The molecule has 0 aliphatic carbocycles. The van der Waals surface area contributed by atoms with Gasteiger partial charge in [-0.3, -0.25) is 0 Å². The van der Waals surface area contributed by atoms with Crippen LogP contribution in [0.4, 0.5) is 4.79 Å². The smallest absolute Gasteiger partial charge is 0.388 e. The van der Waals surface area contributed by atoms with Crippen LogP contribution in [-0.4, -0.2) is 34.7 Å². The Morgan fingerprint density at radius 1 is 1.23 bits per heavy atom. The highest BCUT2D eigenvalue weighted by atomic mass is 28.3. The van der Waals surface area contributed by atoms with Crippen molar-refractivity contribution in [2.45, 2.75) is 46.1 Å². The van der Waals surface area contributed by atoms with Crippen molar-refractivity contribution in [2.24, 2.45) is 0 Å². The molecule has 0 aromatic heterocycles. The molecule has 0 aliphatic heterocycles. The zero-order valence-corrected chi connectivity index (χ0v) is 11.3. The first-order valence-electron chi connectivity index (χ1n) is 4.47. The lowest BCUT2D eigenvalue weighted by molar-refractivity contribution is 0.171. The van der Waals surface area contributed by atoms with E-state index in [9.17, 15) is 4.79 Å². The van der Waals surface area contributed by atoms with Crippen molar-refractivity contribution in [1.29, 1.82) is 0 Å². The number of hydrogen-bond donors (Lipinski definition) is 0. The average Bonchev–Trinajstić information content (AvgIpc) is 1.81. The van der Waals surface area contributed by atoms with Crippen LogP contribution >= 0.6 is 0 Å². The summed E-state index contributed by atoms with van der Waals surface area (Å²) >= 11 is 0. The van der Waals surface area contributed by atoms with Gasteiger partial charge in [-0.05, 0) is 26.9 Å². The summed E-state index contributed by atoms with van der Waals surface area (Å²) in [6.45, 7) is 12.2. The van der Waals surface area contributed by atoms with Crippen LogP contribution in [0.1, 0.15) is 13.8 Å². The van der Waals surface area contributed by atoms with Gasteiger partial charge in [-0.15, -0.1) is 0 Å². The van der Waals surface area contributed by atoms with E-state index in [1.54, 1.807) is 0 Å². The summed E-state index contributed by atoms with van der Waals surface area (Å²) in [6, 6.07) is 0.248. The summed E-state index contributed by atoms with van der Waals surface area (Å²) in [5.41, 5.74) is 0. The minimum atomic E-state index is -0.919. The van der Waals surface area contributed by atoms with Crippen LogP contribution in [0.3, 0.4) is 0 Å². The van der Waals surface area contributed by atoms with Crippen LogP contribution in [0.15, 0.2) is 0 Å². The predicted molar refractivity (Wildman–Crippen MR) is 58.4 cm³/mol. The second kappa shape index (κ2) is 5.44. The van der Waals surface area contributed by atoms with Crippen molar-refractivity contribution in [3.63, 3.8) is 0 Å². The second-order valence-electron chi connectivity index (χ2n) is 3.69. The third-order valence-corrected chi connectivity index (χ3v) is 3.73. The van der Waals surface area contributed by atoms with Crippen molar-refractivity contribution in [3.8, 4) is 0 Å². The summed E-state index contributed by atoms with van der Waals surface area (Å²) in [6.07, 6.45) is -0.132. The Morgan fingerprint density at radius 3 is 1.92 bits per heavy atom. The van der Waals surface area contributed by atoms with E-state index in [0.29, 0.717) is 0 Å². The molecule has 0 aromatic carbocycles. The third-order valence-electron chi connectivity index (χ3n) is 1.49. The van der Waals surface area contributed by atoms with Crippen molar-refractivity contribution < 1.29 is 9.22 Å². The molecule has 0 N–H and O–H groups in total. The fraction of sp³-hybridized carbons (Fsp3) is 0.875. The maximum atomic E-state index is 11.6. The van der Waals surface area contributed by atoms with Gasteiger partial charge in [0.15, 0.2) is 8.96 Å². The largest absolute Gasteiger partial charge is 0.503 e. The Kier molecular flexibility index (Phi) is 5.31. The minimum Gasteiger partial charge on any atom is -0.503 e. The van der Waals surface area contributed by atoms with Gasteiger partial charge in [0.2, 0.25) is 0 Å². The molecule has 5 heteroatoms. The lowest BCUT2D eigenvalue weighted by Gasteiger charge is -2.29. The first kappa shape index (κ1) is 12.7. The van der Waals surface area contributed by atoms with Gasteiger partial charge in [0, 0.05) is 6.04 Å². The van der Waals surface area contributed by atoms with Crippen molar-refractivity contribution in [3.05, 3.63) is 0 Å². The molecule has 0 aromatic rings. The van der Waals surface area contributed by atoms with Gasteiger partial charge >= 0.3 is 6.09 Å². The summed E-state index contributed by atoms with van der Waals surface area (Å²) in [5.74, 6) is 0. The zero-order chi connectivity index (χ0) is 10.6. The fourth-order valence-electron chi connectivity index (χ4n) is 1.13. The van der Waals surface area contributed by atoms with E-state index in [1.807, 2.05) is 31.5 Å². The van der Waals surface area contributed by atoms with E-state index in [4.69, 9.17) is 4.43 Å². The molecule has 2 radical (unpaired) electrons. The molecule has 0 aliphatic rings. The summed E-state index contributed by atoms with van der Waals surface area (Å²) in [7, 11) is -1.66. The maximum absolute atomic E-state index is 11.6. The Hall–Kier alpha value is -0.296. The zero-order valence-electron chi connectivity index (χ0n) is 9.34. The van der Waals surface area contributed by atoms with E-state index < -0.39 is 18.0 Å². The lowest BCUT2D eigenvalue weighted by atomic mass is 10.4. The van der Waals surface area contributed by atoms with Gasteiger partial charge in [0.1, 0.15) is 0 Å². The molecule has 0 saturated carbocycles. The van der Waals surface area contributed by atoms with E-state index in [1.165, 1.54) is 0 Å². The molecule has 0 spiro atoms. The first-order chi connectivity index (χ1) is 5.86. The highest BCUT2D eigenvalue weighted by Gasteiger charge is 2.23.